The first-order chi connectivity index (χ1) is 6.62. The summed E-state index contributed by atoms with van der Waals surface area (Å²) in [5.41, 5.74) is -1.41. The third-order valence-corrected chi connectivity index (χ3v) is 2.32. The van der Waals surface area contributed by atoms with Crippen LogP contribution in [0.4, 0.5) is 17.6 Å². The lowest BCUT2D eigenvalue weighted by Gasteiger charge is -2.13. The lowest BCUT2D eigenvalue weighted by Crippen LogP contribution is -2.08. The average Bonchev–Trinajstić information content (AvgIpc) is 1.99. The molecule has 0 nitrogen and oxygen atoms in total. The highest BCUT2D eigenvalue weighted by atomic mass is 35.5. The predicted octanol–water partition coefficient (Wildman–Crippen LogP) is 4.92. The molecule has 0 saturated carbocycles. The van der Waals surface area contributed by atoms with Gasteiger partial charge in [-0.05, 0) is 12.1 Å². The van der Waals surface area contributed by atoms with Crippen molar-refractivity contribution in [2.24, 2.45) is 0 Å². The molecule has 1 aromatic carbocycles. The second-order valence-electron chi connectivity index (χ2n) is 2.69. The maximum Gasteiger partial charge on any atom is 0.416 e. The third-order valence-electron chi connectivity index (χ3n) is 1.60. The molecule has 0 bridgehead atoms. The van der Waals surface area contributed by atoms with Crippen LogP contribution >= 0.6 is 34.8 Å². The van der Waals surface area contributed by atoms with Gasteiger partial charge in [0.05, 0.1) is 10.6 Å². The van der Waals surface area contributed by atoms with Crippen LogP contribution in [0.3, 0.4) is 0 Å². The van der Waals surface area contributed by atoms with Gasteiger partial charge in [-0.15, -0.1) is 0 Å². The molecular weight excluding hydrogens is 278 g/mol. The van der Waals surface area contributed by atoms with E-state index >= 15 is 0 Å². The number of hydrogen-bond acceptors (Lipinski definition) is 0. The van der Waals surface area contributed by atoms with Crippen LogP contribution in [0, 0.1) is 0 Å². The minimum atomic E-state index is -4.54. The minimum absolute atomic E-state index is 0.416. The second kappa shape index (κ2) is 4.00. The average molecular weight is 281 g/mol. The van der Waals surface area contributed by atoms with Crippen LogP contribution in [0.1, 0.15) is 11.1 Å². The second-order valence-corrected chi connectivity index (χ2v) is 4.33. The van der Waals surface area contributed by atoms with E-state index in [9.17, 15) is 17.6 Å². The van der Waals surface area contributed by atoms with Crippen molar-refractivity contribution in [3.63, 3.8) is 0 Å². The van der Waals surface area contributed by atoms with Crippen molar-refractivity contribution in [2.75, 3.05) is 0 Å². The molecule has 15 heavy (non-hydrogen) atoms. The molecule has 0 radical (unpaired) electrons. The molecule has 1 rings (SSSR count). The van der Waals surface area contributed by atoms with E-state index in [1.54, 1.807) is 0 Å². The van der Waals surface area contributed by atoms with Crippen LogP contribution in [0.2, 0.25) is 5.02 Å². The number of hydrogen-bond donors (Lipinski definition) is 0. The molecule has 0 saturated heterocycles. The largest absolute Gasteiger partial charge is 0.416 e. The van der Waals surface area contributed by atoms with Gasteiger partial charge in [0.15, 0.2) is 0 Å². The molecule has 0 atom stereocenters. The van der Waals surface area contributed by atoms with Gasteiger partial charge in [-0.3, -0.25) is 0 Å². The van der Waals surface area contributed by atoms with Crippen LogP contribution < -0.4 is 0 Å². The zero-order valence-corrected chi connectivity index (χ0v) is 9.15. The molecule has 0 N–H and O–H groups in total. The van der Waals surface area contributed by atoms with E-state index in [1.165, 1.54) is 0 Å². The molecule has 0 fully saturated rings. The van der Waals surface area contributed by atoms with Gasteiger partial charge in [-0.1, -0.05) is 40.9 Å². The Morgan fingerprint density at radius 2 is 1.53 bits per heavy atom. The fourth-order valence-corrected chi connectivity index (χ4v) is 1.66. The van der Waals surface area contributed by atoms with E-state index in [0.29, 0.717) is 12.1 Å². The first-order valence-electron chi connectivity index (χ1n) is 3.56. The van der Waals surface area contributed by atoms with Crippen molar-refractivity contribution in [1.29, 1.82) is 0 Å². The van der Waals surface area contributed by atoms with Gasteiger partial charge in [-0.2, -0.15) is 13.2 Å². The zero-order chi connectivity index (χ0) is 11.9. The van der Waals surface area contributed by atoms with Crippen LogP contribution in [-0.4, -0.2) is 0 Å². The Balaban J connectivity index is 3.21. The van der Waals surface area contributed by atoms with Gasteiger partial charge in [-0.25, -0.2) is 4.39 Å². The Labute approximate surface area is 97.7 Å². The van der Waals surface area contributed by atoms with Crippen molar-refractivity contribution in [2.45, 2.75) is 10.8 Å². The fourth-order valence-electron chi connectivity index (χ4n) is 0.921. The summed E-state index contributed by atoms with van der Waals surface area (Å²) in [4.78, 5) is 0. The van der Waals surface area contributed by atoms with E-state index < -0.39 is 26.9 Å². The maximum absolute atomic E-state index is 13.0. The summed E-state index contributed by atoms with van der Waals surface area (Å²) < 4.78 is 46.7. The van der Waals surface area contributed by atoms with Crippen LogP contribution in [0.25, 0.3) is 0 Å². The predicted molar refractivity (Wildman–Crippen MR) is 50.9 cm³/mol. The molecule has 7 heteroatoms. The Hall–Kier alpha value is -0.190. The molecule has 84 valence electrons. The van der Waals surface area contributed by atoms with E-state index in [0.717, 1.165) is 6.07 Å². The lowest BCUT2D eigenvalue weighted by atomic mass is 10.1. The number of benzene rings is 1. The summed E-state index contributed by atoms with van der Waals surface area (Å²) in [6, 6.07) is 2.02. The van der Waals surface area contributed by atoms with E-state index in [2.05, 4.69) is 0 Å². The monoisotopic (exact) mass is 280 g/mol. The van der Waals surface area contributed by atoms with E-state index in [4.69, 9.17) is 34.8 Å². The summed E-state index contributed by atoms with van der Waals surface area (Å²) in [5, 5.41) is -0.475. The zero-order valence-electron chi connectivity index (χ0n) is 6.88. The molecule has 0 aliphatic rings. The lowest BCUT2D eigenvalue weighted by molar-refractivity contribution is -0.137. The first kappa shape index (κ1) is 12.9. The summed E-state index contributed by atoms with van der Waals surface area (Å²) in [5.74, 6) is 0. The number of rotatable bonds is 1. The standard InChI is InChI=1S/C8H3Cl3F4/c9-6-3-4(8(13,14)15)1-2-5(6)7(10,11)12/h1-3H. The molecule has 0 heterocycles. The minimum Gasteiger partial charge on any atom is -0.202 e. The number of alkyl halides is 6. The van der Waals surface area contributed by atoms with Gasteiger partial charge < -0.3 is 0 Å². The Bertz CT molecular complexity index is 367. The SMILES string of the molecule is FC(F)(F)c1ccc(C(F)(Cl)Cl)c(Cl)c1. The molecular formula is C8H3Cl3F4. The molecule has 1 aromatic rings. The summed E-state index contributed by atoms with van der Waals surface area (Å²) in [6.45, 7) is 0. The van der Waals surface area contributed by atoms with Gasteiger partial charge in [0.2, 0.25) is 0 Å². The number of halogens is 7. The summed E-state index contributed by atoms with van der Waals surface area (Å²) >= 11 is 15.5. The van der Waals surface area contributed by atoms with Crippen molar-refractivity contribution in [1.82, 2.24) is 0 Å². The molecule has 0 aromatic heterocycles. The summed E-state index contributed by atoms with van der Waals surface area (Å²) in [6.07, 6.45) is -4.54. The normalized spacial score (nSPS) is 13.0. The van der Waals surface area contributed by atoms with Gasteiger partial charge in [0.1, 0.15) is 0 Å². The van der Waals surface area contributed by atoms with E-state index in [-0.39, 0.29) is 0 Å². The molecule has 0 aliphatic carbocycles. The Morgan fingerprint density at radius 3 is 1.87 bits per heavy atom. The molecule has 0 aliphatic heterocycles. The van der Waals surface area contributed by atoms with Gasteiger partial charge in [0.25, 0.3) is 4.59 Å². The van der Waals surface area contributed by atoms with Crippen molar-refractivity contribution >= 4 is 34.8 Å². The van der Waals surface area contributed by atoms with Crippen molar-refractivity contribution in [3.8, 4) is 0 Å². The molecule has 0 amide bonds. The Kier molecular flexibility index (Phi) is 3.43. The highest BCUT2D eigenvalue weighted by Gasteiger charge is 2.34. The highest BCUT2D eigenvalue weighted by molar-refractivity contribution is 6.48. The van der Waals surface area contributed by atoms with Crippen molar-refractivity contribution < 1.29 is 17.6 Å². The highest BCUT2D eigenvalue weighted by Crippen LogP contribution is 2.41. The van der Waals surface area contributed by atoms with Crippen molar-refractivity contribution in [3.05, 3.63) is 34.3 Å². The molecule has 0 spiro atoms. The van der Waals surface area contributed by atoms with Crippen LogP contribution in [0.5, 0.6) is 0 Å². The summed E-state index contributed by atoms with van der Waals surface area (Å²) in [7, 11) is 0. The van der Waals surface area contributed by atoms with Crippen LogP contribution in [0.15, 0.2) is 18.2 Å². The Morgan fingerprint density at radius 1 is 1.00 bits per heavy atom. The quantitative estimate of drug-likeness (QED) is 0.506. The fraction of sp³-hybridized carbons (Fsp3) is 0.250. The maximum atomic E-state index is 13.0. The molecule has 0 unspecified atom stereocenters. The van der Waals surface area contributed by atoms with Gasteiger partial charge in [0, 0.05) is 5.56 Å². The third kappa shape index (κ3) is 3.13. The van der Waals surface area contributed by atoms with Crippen LogP contribution in [-0.2, 0) is 10.8 Å². The van der Waals surface area contributed by atoms with Gasteiger partial charge >= 0.3 is 6.18 Å². The van der Waals surface area contributed by atoms with E-state index in [1.807, 2.05) is 0 Å². The first-order valence-corrected chi connectivity index (χ1v) is 4.69. The topological polar surface area (TPSA) is 0 Å². The smallest absolute Gasteiger partial charge is 0.202 e.